The number of amidine groups is 1. The van der Waals surface area contributed by atoms with Gasteiger partial charge in [0.05, 0.1) is 24.3 Å². The Kier molecular flexibility index (Phi) is 5.69. The minimum Gasteiger partial charge on any atom is -0.382 e. The van der Waals surface area contributed by atoms with E-state index in [9.17, 15) is 9.18 Å². The van der Waals surface area contributed by atoms with Crippen molar-refractivity contribution in [2.75, 3.05) is 0 Å². The molecule has 32 heavy (non-hydrogen) atoms. The standard InChI is InChI=1S/C23H22FN7O/c1-13(29-23(32)18-6-5-16(9-25)10-27-18)7-17(14(2)24)19-12-31-20(22(26)30-19)11-28-21(31)8-15-3-4-15/h5-7,10-11,15,19H,1-4,8,12H2,(H2,26,30)(H,29,32)/b17-7+. The molecule has 2 aromatic rings. The van der Waals surface area contributed by atoms with Gasteiger partial charge in [-0.1, -0.05) is 13.2 Å². The smallest absolute Gasteiger partial charge is 0.274 e. The topological polar surface area (TPSA) is 122 Å². The lowest BCUT2D eigenvalue weighted by Gasteiger charge is -2.24. The molecule has 0 spiro atoms. The van der Waals surface area contributed by atoms with Crippen molar-refractivity contribution >= 4 is 11.7 Å². The van der Waals surface area contributed by atoms with E-state index < -0.39 is 17.8 Å². The number of pyridine rings is 1. The van der Waals surface area contributed by atoms with Gasteiger partial charge in [0.15, 0.2) is 0 Å². The van der Waals surface area contributed by atoms with E-state index in [1.54, 1.807) is 6.20 Å². The normalized spacial score (nSPS) is 17.7. The molecule has 0 radical (unpaired) electrons. The van der Waals surface area contributed by atoms with Crippen molar-refractivity contribution in [1.29, 1.82) is 5.26 Å². The molecule has 0 saturated heterocycles. The first kappa shape index (κ1) is 21.2. The van der Waals surface area contributed by atoms with Gasteiger partial charge < -0.3 is 15.6 Å². The number of aliphatic imine (C=N–C) groups is 1. The van der Waals surface area contributed by atoms with Gasteiger partial charge >= 0.3 is 0 Å². The molecule has 162 valence electrons. The summed E-state index contributed by atoms with van der Waals surface area (Å²) in [5.41, 5.74) is 7.62. The molecule has 3 heterocycles. The SMILES string of the molecule is C=C(/C=C(\C(=C)F)C1Cn2c(cnc2CC2CC2)C(N)=N1)NC(=O)c1ccc(C#N)cn1. The molecule has 1 aliphatic heterocycles. The maximum atomic E-state index is 14.4. The highest BCUT2D eigenvalue weighted by Crippen LogP contribution is 2.33. The summed E-state index contributed by atoms with van der Waals surface area (Å²) in [6, 6.07) is 4.21. The van der Waals surface area contributed by atoms with Crippen molar-refractivity contribution in [1.82, 2.24) is 19.9 Å². The second-order valence-electron chi connectivity index (χ2n) is 7.88. The molecule has 1 saturated carbocycles. The molecular weight excluding hydrogens is 409 g/mol. The van der Waals surface area contributed by atoms with E-state index in [1.807, 2.05) is 10.6 Å². The minimum atomic E-state index is -0.689. The van der Waals surface area contributed by atoms with E-state index in [0.29, 0.717) is 18.0 Å². The summed E-state index contributed by atoms with van der Waals surface area (Å²) >= 11 is 0. The van der Waals surface area contributed by atoms with Crippen molar-refractivity contribution in [3.63, 3.8) is 0 Å². The lowest BCUT2D eigenvalue weighted by Crippen LogP contribution is -2.33. The predicted molar refractivity (Wildman–Crippen MR) is 117 cm³/mol. The number of carbonyl (C=O) groups is 1. The van der Waals surface area contributed by atoms with E-state index in [2.05, 4.69) is 33.4 Å². The number of hydrogen-bond acceptors (Lipinski definition) is 6. The average Bonchev–Trinajstić information content (AvgIpc) is 3.50. The average molecular weight is 431 g/mol. The van der Waals surface area contributed by atoms with E-state index in [0.717, 1.165) is 17.9 Å². The first-order valence-corrected chi connectivity index (χ1v) is 10.2. The van der Waals surface area contributed by atoms with Crippen LogP contribution in [-0.4, -0.2) is 32.3 Å². The van der Waals surface area contributed by atoms with Crippen LogP contribution in [0.1, 0.15) is 40.4 Å². The maximum absolute atomic E-state index is 14.4. The highest BCUT2D eigenvalue weighted by atomic mass is 19.1. The summed E-state index contributed by atoms with van der Waals surface area (Å²) in [5, 5.41) is 11.4. The third-order valence-electron chi connectivity index (χ3n) is 5.42. The number of hydrogen-bond donors (Lipinski definition) is 2. The summed E-state index contributed by atoms with van der Waals surface area (Å²) in [6.07, 6.45) is 7.63. The van der Waals surface area contributed by atoms with Gasteiger partial charge in [0.25, 0.3) is 5.91 Å². The number of imidazole rings is 1. The number of rotatable bonds is 7. The summed E-state index contributed by atoms with van der Waals surface area (Å²) < 4.78 is 16.4. The number of allylic oxidation sites excluding steroid dienone is 1. The van der Waals surface area contributed by atoms with Crippen LogP contribution in [0.5, 0.6) is 0 Å². The van der Waals surface area contributed by atoms with E-state index in [4.69, 9.17) is 11.0 Å². The summed E-state index contributed by atoms with van der Waals surface area (Å²) in [7, 11) is 0. The molecule has 8 nitrogen and oxygen atoms in total. The van der Waals surface area contributed by atoms with Crippen molar-refractivity contribution in [3.05, 3.63) is 83.6 Å². The number of nitrogens with one attached hydrogen (secondary N) is 1. The second-order valence-corrected chi connectivity index (χ2v) is 7.88. The Hall–Kier alpha value is -4.06. The Balaban J connectivity index is 1.52. The molecule has 1 unspecified atom stereocenters. The molecule has 1 fully saturated rings. The molecule has 0 aromatic carbocycles. The van der Waals surface area contributed by atoms with Crippen molar-refractivity contribution in [2.24, 2.45) is 16.6 Å². The number of nitrogens with zero attached hydrogens (tertiary/aromatic N) is 5. The van der Waals surface area contributed by atoms with Crippen LogP contribution in [0, 0.1) is 17.2 Å². The molecule has 4 rings (SSSR count). The molecular formula is C23H22FN7O. The maximum Gasteiger partial charge on any atom is 0.274 e. The van der Waals surface area contributed by atoms with Gasteiger partial charge in [0, 0.05) is 23.9 Å². The van der Waals surface area contributed by atoms with E-state index in [1.165, 1.54) is 37.2 Å². The number of aromatic nitrogens is 3. The Bertz CT molecular complexity index is 1200. The number of amides is 1. The number of halogens is 1. The van der Waals surface area contributed by atoms with Gasteiger partial charge in [-0.3, -0.25) is 9.79 Å². The van der Waals surface area contributed by atoms with E-state index >= 15 is 0 Å². The van der Waals surface area contributed by atoms with Gasteiger partial charge in [-0.15, -0.1) is 0 Å². The fourth-order valence-corrected chi connectivity index (χ4v) is 3.56. The number of nitriles is 1. The molecule has 9 heteroatoms. The first-order valence-electron chi connectivity index (χ1n) is 10.2. The van der Waals surface area contributed by atoms with Crippen LogP contribution in [0.4, 0.5) is 4.39 Å². The predicted octanol–water partition coefficient (Wildman–Crippen LogP) is 2.54. The highest BCUT2D eigenvalue weighted by Gasteiger charge is 2.29. The van der Waals surface area contributed by atoms with Gasteiger partial charge in [0.1, 0.15) is 34.9 Å². The van der Waals surface area contributed by atoms with Crippen LogP contribution in [0.2, 0.25) is 0 Å². The molecule has 2 aromatic heterocycles. The molecule has 1 aliphatic carbocycles. The Morgan fingerprint density at radius 1 is 1.34 bits per heavy atom. The van der Waals surface area contributed by atoms with Crippen LogP contribution < -0.4 is 11.1 Å². The largest absolute Gasteiger partial charge is 0.382 e. The first-order chi connectivity index (χ1) is 15.4. The van der Waals surface area contributed by atoms with Crippen LogP contribution in [-0.2, 0) is 13.0 Å². The molecule has 2 aliphatic rings. The summed E-state index contributed by atoms with van der Waals surface area (Å²) in [5.74, 6) is 0.602. The lowest BCUT2D eigenvalue weighted by atomic mass is 10.0. The zero-order valence-electron chi connectivity index (χ0n) is 17.4. The van der Waals surface area contributed by atoms with Crippen LogP contribution in [0.25, 0.3) is 0 Å². The van der Waals surface area contributed by atoms with Gasteiger partial charge in [-0.05, 0) is 37.0 Å². The third kappa shape index (κ3) is 4.49. The van der Waals surface area contributed by atoms with E-state index in [-0.39, 0.29) is 22.8 Å². The van der Waals surface area contributed by atoms with Crippen molar-refractivity contribution < 1.29 is 9.18 Å². The lowest BCUT2D eigenvalue weighted by molar-refractivity contribution is 0.0962. The Labute approximate surface area is 184 Å². The number of carbonyl (C=O) groups excluding carboxylic acids is 1. The monoisotopic (exact) mass is 431 g/mol. The fraction of sp³-hybridized carbons (Fsp3) is 0.261. The van der Waals surface area contributed by atoms with Gasteiger partial charge in [0.2, 0.25) is 0 Å². The van der Waals surface area contributed by atoms with Gasteiger partial charge in [-0.25, -0.2) is 14.4 Å². The number of nitrogens with two attached hydrogens (primary N) is 1. The molecule has 1 atom stereocenters. The van der Waals surface area contributed by atoms with Gasteiger partial charge in [-0.2, -0.15) is 5.26 Å². The summed E-state index contributed by atoms with van der Waals surface area (Å²) in [6.45, 7) is 7.58. The molecule has 1 amide bonds. The van der Waals surface area contributed by atoms with Crippen LogP contribution in [0.15, 0.2) is 65.8 Å². The molecule has 0 bridgehead atoms. The fourth-order valence-electron chi connectivity index (χ4n) is 3.56. The van der Waals surface area contributed by atoms with Crippen molar-refractivity contribution in [3.8, 4) is 6.07 Å². The van der Waals surface area contributed by atoms with Crippen LogP contribution in [0.3, 0.4) is 0 Å². The third-order valence-corrected chi connectivity index (χ3v) is 5.42. The second kappa shape index (κ2) is 8.59. The van der Waals surface area contributed by atoms with Crippen LogP contribution >= 0.6 is 0 Å². The summed E-state index contributed by atoms with van der Waals surface area (Å²) in [4.78, 5) is 25.2. The molecule has 3 N–H and O–H groups in total. The number of fused-ring (bicyclic) bond motifs is 1. The Morgan fingerprint density at radius 2 is 2.12 bits per heavy atom. The zero-order valence-corrected chi connectivity index (χ0v) is 17.4. The Morgan fingerprint density at radius 3 is 2.75 bits per heavy atom. The zero-order chi connectivity index (χ0) is 22.8. The quantitative estimate of drug-likeness (QED) is 0.653. The van der Waals surface area contributed by atoms with Crippen molar-refractivity contribution in [2.45, 2.75) is 31.8 Å². The minimum absolute atomic E-state index is 0.104. The highest BCUT2D eigenvalue weighted by molar-refractivity contribution is 5.97.